The molecule has 10 heteroatoms. The fourth-order valence-corrected chi connectivity index (χ4v) is 3.40. The third-order valence-corrected chi connectivity index (χ3v) is 4.84. The maximum Gasteiger partial charge on any atom is 0.416 e. The number of likely N-dealkylation sites (tertiary alicyclic amines) is 1. The van der Waals surface area contributed by atoms with Gasteiger partial charge in [0.05, 0.1) is 11.3 Å². The number of piperidine rings is 1. The van der Waals surface area contributed by atoms with E-state index in [1.807, 2.05) is 0 Å². The van der Waals surface area contributed by atoms with Crippen LogP contribution in [0, 0.1) is 18.7 Å². The second-order valence-corrected chi connectivity index (χ2v) is 7.14. The Morgan fingerprint density at radius 3 is 2.60 bits per heavy atom. The Hall–Kier alpha value is -2.75. The summed E-state index contributed by atoms with van der Waals surface area (Å²) in [5.41, 5.74) is -0.0740. The molecule has 0 bridgehead atoms. The highest BCUT2D eigenvalue weighted by Crippen LogP contribution is 2.33. The van der Waals surface area contributed by atoms with E-state index in [1.54, 1.807) is 6.92 Å². The average Bonchev–Trinajstić information content (AvgIpc) is 2.67. The maximum atomic E-state index is 14.2. The second kappa shape index (κ2) is 10.3. The number of anilines is 1. The van der Waals surface area contributed by atoms with Gasteiger partial charge in [-0.25, -0.2) is 14.4 Å². The minimum absolute atomic E-state index is 0.0564. The highest BCUT2D eigenvalue weighted by atomic mass is 19.4. The molecule has 1 atom stereocenters. The van der Waals surface area contributed by atoms with Crippen LogP contribution in [-0.2, 0) is 11.0 Å². The largest absolute Gasteiger partial charge is 0.483 e. The highest BCUT2D eigenvalue weighted by molar-refractivity contribution is 5.66. The van der Waals surface area contributed by atoms with Crippen LogP contribution in [0.1, 0.15) is 24.1 Å². The molecule has 1 saturated heterocycles. The molecule has 0 saturated carbocycles. The van der Waals surface area contributed by atoms with Crippen LogP contribution in [0.2, 0.25) is 0 Å². The van der Waals surface area contributed by atoms with Gasteiger partial charge < -0.3 is 15.3 Å². The first-order chi connectivity index (χ1) is 14.2. The van der Waals surface area contributed by atoms with E-state index in [1.165, 1.54) is 6.20 Å². The fraction of sp³-hybridized carbons (Fsp3) is 0.450. The third kappa shape index (κ3) is 6.38. The molecule has 1 unspecified atom stereocenters. The van der Waals surface area contributed by atoms with E-state index in [0.29, 0.717) is 29.2 Å². The predicted molar refractivity (Wildman–Crippen MR) is 105 cm³/mol. The van der Waals surface area contributed by atoms with Crippen LogP contribution in [0.15, 0.2) is 24.4 Å². The van der Waals surface area contributed by atoms with Gasteiger partial charge in [0, 0.05) is 30.4 Å². The van der Waals surface area contributed by atoms with E-state index in [4.69, 9.17) is 9.90 Å². The summed E-state index contributed by atoms with van der Waals surface area (Å²) in [5.74, 6) is 0.0129. The number of aromatic nitrogens is 2. The van der Waals surface area contributed by atoms with Crippen LogP contribution in [0.4, 0.5) is 23.5 Å². The van der Waals surface area contributed by atoms with Gasteiger partial charge in [0.1, 0.15) is 5.82 Å². The number of rotatable bonds is 4. The zero-order chi connectivity index (χ0) is 22.3. The molecule has 0 aliphatic carbocycles. The molecule has 1 aliphatic rings. The summed E-state index contributed by atoms with van der Waals surface area (Å²) >= 11 is 0. The third-order valence-electron chi connectivity index (χ3n) is 4.84. The minimum Gasteiger partial charge on any atom is -0.483 e. The van der Waals surface area contributed by atoms with Crippen molar-refractivity contribution in [2.24, 2.45) is 5.92 Å². The molecule has 6 nitrogen and oxygen atoms in total. The SMILES string of the molecule is Cc1nc(NCC2CCCN(C)C2)ncc1-c1ccc(C(F)(F)F)cc1F.O=CO. The molecule has 30 heavy (non-hydrogen) atoms. The lowest BCUT2D eigenvalue weighted by Gasteiger charge is -2.29. The van der Waals surface area contributed by atoms with E-state index in [0.717, 1.165) is 44.6 Å². The summed E-state index contributed by atoms with van der Waals surface area (Å²) < 4.78 is 52.3. The van der Waals surface area contributed by atoms with Gasteiger partial charge in [-0.3, -0.25) is 4.79 Å². The summed E-state index contributed by atoms with van der Waals surface area (Å²) in [5, 5.41) is 10.1. The summed E-state index contributed by atoms with van der Waals surface area (Å²) in [6, 6.07) is 2.49. The van der Waals surface area contributed by atoms with Crippen LogP contribution in [0.3, 0.4) is 0 Å². The second-order valence-electron chi connectivity index (χ2n) is 7.14. The van der Waals surface area contributed by atoms with Gasteiger partial charge in [0.15, 0.2) is 0 Å². The molecule has 1 aromatic heterocycles. The number of hydrogen-bond acceptors (Lipinski definition) is 5. The lowest BCUT2D eigenvalue weighted by Crippen LogP contribution is -2.35. The Balaban J connectivity index is 0.00000101. The average molecular weight is 428 g/mol. The van der Waals surface area contributed by atoms with Crippen molar-refractivity contribution in [2.75, 3.05) is 32.0 Å². The van der Waals surface area contributed by atoms with Crippen molar-refractivity contribution in [3.05, 3.63) is 41.5 Å². The van der Waals surface area contributed by atoms with Gasteiger partial charge in [0.2, 0.25) is 5.95 Å². The molecular weight excluding hydrogens is 404 g/mol. The Morgan fingerprint density at radius 2 is 2.03 bits per heavy atom. The Kier molecular flexibility index (Phi) is 8.10. The summed E-state index contributed by atoms with van der Waals surface area (Å²) in [6.45, 7) is 4.31. The fourth-order valence-electron chi connectivity index (χ4n) is 3.40. The molecule has 1 fully saturated rings. The number of nitrogens with zero attached hydrogens (tertiary/aromatic N) is 3. The van der Waals surface area contributed by atoms with Crippen molar-refractivity contribution in [2.45, 2.75) is 25.9 Å². The number of benzene rings is 1. The highest BCUT2D eigenvalue weighted by Gasteiger charge is 2.31. The molecular formula is C20H24F4N4O2. The Labute approximate surface area is 172 Å². The van der Waals surface area contributed by atoms with Crippen LogP contribution in [0.5, 0.6) is 0 Å². The number of halogens is 4. The van der Waals surface area contributed by atoms with E-state index in [9.17, 15) is 17.6 Å². The standard InChI is InChI=1S/C19H22F4N4.CH2O2/c1-12-16(15-6-5-14(8-17(15)20)19(21,22)23)10-25-18(26-12)24-9-13-4-3-7-27(2)11-13;2-1-3/h5-6,8,10,13H,3-4,7,9,11H2,1-2H3,(H,24,25,26);1H,(H,2,3). The number of alkyl halides is 3. The molecule has 1 aliphatic heterocycles. The van der Waals surface area contributed by atoms with Crippen molar-refractivity contribution in [1.29, 1.82) is 0 Å². The molecule has 1 aromatic carbocycles. The van der Waals surface area contributed by atoms with Crippen molar-refractivity contribution in [3.63, 3.8) is 0 Å². The molecule has 3 rings (SSSR count). The number of aryl methyl sites for hydroxylation is 1. The first kappa shape index (κ1) is 23.5. The molecule has 2 N–H and O–H groups in total. The molecule has 164 valence electrons. The monoisotopic (exact) mass is 428 g/mol. The molecule has 0 amide bonds. The van der Waals surface area contributed by atoms with E-state index in [-0.39, 0.29) is 12.0 Å². The summed E-state index contributed by atoms with van der Waals surface area (Å²) in [7, 11) is 2.10. The van der Waals surface area contributed by atoms with Crippen molar-refractivity contribution in [1.82, 2.24) is 14.9 Å². The number of hydrogen-bond donors (Lipinski definition) is 2. The normalized spacial score (nSPS) is 17.1. The van der Waals surface area contributed by atoms with Gasteiger partial charge in [-0.1, -0.05) is 6.07 Å². The molecule has 2 heterocycles. The van der Waals surface area contributed by atoms with E-state index in [2.05, 4.69) is 27.2 Å². The Morgan fingerprint density at radius 1 is 1.33 bits per heavy atom. The van der Waals surface area contributed by atoms with Crippen LogP contribution < -0.4 is 5.32 Å². The smallest absolute Gasteiger partial charge is 0.416 e. The zero-order valence-corrected chi connectivity index (χ0v) is 16.7. The van der Waals surface area contributed by atoms with Gasteiger partial charge in [-0.15, -0.1) is 0 Å². The first-order valence-electron chi connectivity index (χ1n) is 9.36. The quantitative estimate of drug-likeness (QED) is 0.565. The van der Waals surface area contributed by atoms with Gasteiger partial charge in [-0.05, 0) is 51.4 Å². The van der Waals surface area contributed by atoms with Crippen molar-refractivity contribution in [3.8, 4) is 11.1 Å². The lowest BCUT2D eigenvalue weighted by molar-refractivity contribution is -0.137. The summed E-state index contributed by atoms with van der Waals surface area (Å²) in [4.78, 5) is 19.2. The van der Waals surface area contributed by atoms with E-state index < -0.39 is 17.6 Å². The molecule has 0 spiro atoms. The van der Waals surface area contributed by atoms with Gasteiger partial charge in [0.25, 0.3) is 6.47 Å². The van der Waals surface area contributed by atoms with Crippen molar-refractivity contribution >= 4 is 12.4 Å². The molecule has 2 aromatic rings. The number of nitrogens with one attached hydrogen (secondary N) is 1. The zero-order valence-electron chi connectivity index (χ0n) is 16.7. The topological polar surface area (TPSA) is 78.4 Å². The van der Waals surface area contributed by atoms with Gasteiger partial charge in [-0.2, -0.15) is 13.2 Å². The maximum absolute atomic E-state index is 14.2. The molecule has 0 radical (unpaired) electrons. The number of carboxylic acid groups (broad SMARTS) is 1. The van der Waals surface area contributed by atoms with Crippen LogP contribution in [0.25, 0.3) is 11.1 Å². The minimum atomic E-state index is -4.58. The predicted octanol–water partition coefficient (Wildman–Crippen LogP) is 4.06. The summed E-state index contributed by atoms with van der Waals surface area (Å²) in [6.07, 6.45) is -0.824. The first-order valence-corrected chi connectivity index (χ1v) is 9.36. The van der Waals surface area contributed by atoms with Crippen LogP contribution >= 0.6 is 0 Å². The Bertz CT molecular complexity index is 861. The van der Waals surface area contributed by atoms with Crippen LogP contribution in [-0.4, -0.2) is 53.1 Å². The van der Waals surface area contributed by atoms with Gasteiger partial charge >= 0.3 is 6.18 Å². The lowest BCUT2D eigenvalue weighted by atomic mass is 9.99. The van der Waals surface area contributed by atoms with Crippen molar-refractivity contribution < 1.29 is 27.5 Å². The van der Waals surface area contributed by atoms with E-state index >= 15 is 0 Å². The number of carbonyl (C=O) groups is 1.